The Bertz CT molecular complexity index is 109. The Labute approximate surface area is 56.6 Å². The van der Waals surface area contributed by atoms with Crippen LogP contribution in [0.15, 0.2) is 0 Å². The minimum atomic E-state index is -1.78. The summed E-state index contributed by atoms with van der Waals surface area (Å²) in [4.78, 5) is 9.81. The number of rotatable bonds is 3. The van der Waals surface area contributed by atoms with Crippen LogP contribution in [0.5, 0.6) is 0 Å². The summed E-state index contributed by atoms with van der Waals surface area (Å²) in [5.74, 6) is -1.15. The van der Waals surface area contributed by atoms with Gasteiger partial charge in [0.1, 0.15) is 0 Å². The van der Waals surface area contributed by atoms with E-state index in [1.807, 2.05) is 0 Å². The number of alkyl halides is 2. The van der Waals surface area contributed by atoms with E-state index in [0.29, 0.717) is 0 Å². The second-order valence-electron chi connectivity index (χ2n) is 1.60. The van der Waals surface area contributed by atoms with Crippen LogP contribution in [0.4, 0.5) is 4.39 Å². The number of nitrogens with two attached hydrogens (primary N) is 1. The fraction of sp³-hybridized carbons (Fsp3) is 0.750. The summed E-state index contributed by atoms with van der Waals surface area (Å²) in [5, 5.41) is 8.03. The molecule has 0 amide bonds. The van der Waals surface area contributed by atoms with E-state index in [-0.39, 0.29) is 0 Å². The van der Waals surface area contributed by atoms with E-state index < -0.39 is 24.1 Å². The molecule has 54 valence electrons. The third kappa shape index (κ3) is 4.17. The molecule has 0 heterocycles. The number of hydrogen-bond donors (Lipinski definition) is 2. The van der Waals surface area contributed by atoms with Crippen molar-refractivity contribution in [3.63, 3.8) is 0 Å². The highest BCUT2D eigenvalue weighted by Crippen LogP contribution is 2.04. The molecule has 0 rings (SSSR count). The van der Waals surface area contributed by atoms with Crippen molar-refractivity contribution in [3.05, 3.63) is 0 Å². The first-order valence-electron chi connectivity index (χ1n) is 2.29. The molecule has 0 spiro atoms. The standard InChI is InChI=1S/C4H7ClFNO2/c5-4(6)2(7)1-3(8)9/h2,4H,1,7H2,(H,8,9). The van der Waals surface area contributed by atoms with Gasteiger partial charge in [-0.15, -0.1) is 0 Å². The largest absolute Gasteiger partial charge is 0.481 e. The van der Waals surface area contributed by atoms with Crippen LogP contribution < -0.4 is 5.73 Å². The maximum atomic E-state index is 11.8. The molecule has 0 fully saturated rings. The molecule has 5 heteroatoms. The number of carboxylic acid groups (broad SMARTS) is 1. The zero-order valence-corrected chi connectivity index (χ0v) is 5.31. The number of aliphatic carboxylic acids is 1. The predicted molar refractivity (Wildman–Crippen MR) is 31.0 cm³/mol. The van der Waals surface area contributed by atoms with Gasteiger partial charge in [-0.1, -0.05) is 11.6 Å². The Morgan fingerprint density at radius 1 is 1.89 bits per heavy atom. The van der Waals surface area contributed by atoms with E-state index in [1.54, 1.807) is 0 Å². The molecule has 0 aromatic heterocycles. The lowest BCUT2D eigenvalue weighted by Gasteiger charge is -2.05. The molecule has 3 N–H and O–H groups in total. The van der Waals surface area contributed by atoms with Gasteiger partial charge >= 0.3 is 5.97 Å². The Balaban J connectivity index is 3.50. The monoisotopic (exact) mass is 155 g/mol. The smallest absolute Gasteiger partial charge is 0.305 e. The summed E-state index contributed by atoms with van der Waals surface area (Å²) >= 11 is 4.82. The SMILES string of the molecule is NC(CC(=O)O)C(F)Cl. The van der Waals surface area contributed by atoms with Crippen molar-refractivity contribution in [1.29, 1.82) is 0 Å². The van der Waals surface area contributed by atoms with Crippen molar-refractivity contribution < 1.29 is 14.3 Å². The minimum absolute atomic E-state index is 0.440. The Morgan fingerprint density at radius 3 is 2.44 bits per heavy atom. The van der Waals surface area contributed by atoms with Crippen molar-refractivity contribution in [2.24, 2.45) is 5.73 Å². The lowest BCUT2D eigenvalue weighted by atomic mass is 10.2. The number of halogens is 2. The molecular formula is C4H7ClFNO2. The lowest BCUT2D eigenvalue weighted by molar-refractivity contribution is -0.137. The first-order chi connectivity index (χ1) is 4.04. The lowest BCUT2D eigenvalue weighted by Crippen LogP contribution is -2.30. The number of carboxylic acids is 1. The predicted octanol–water partition coefficient (Wildman–Crippen LogP) is 0.323. The van der Waals surface area contributed by atoms with Gasteiger partial charge in [0, 0.05) is 0 Å². The highest BCUT2D eigenvalue weighted by molar-refractivity contribution is 6.20. The highest BCUT2D eigenvalue weighted by Gasteiger charge is 2.16. The van der Waals surface area contributed by atoms with E-state index in [9.17, 15) is 9.18 Å². The van der Waals surface area contributed by atoms with Gasteiger partial charge in [0.25, 0.3) is 0 Å². The molecule has 0 saturated carbocycles. The van der Waals surface area contributed by atoms with E-state index in [1.165, 1.54) is 0 Å². The van der Waals surface area contributed by atoms with Gasteiger partial charge in [0.05, 0.1) is 12.5 Å². The third-order valence-corrected chi connectivity index (χ3v) is 1.06. The van der Waals surface area contributed by atoms with E-state index in [0.717, 1.165) is 0 Å². The van der Waals surface area contributed by atoms with Gasteiger partial charge in [-0.2, -0.15) is 0 Å². The van der Waals surface area contributed by atoms with E-state index in [4.69, 9.17) is 22.4 Å². The van der Waals surface area contributed by atoms with Crippen molar-refractivity contribution in [2.75, 3.05) is 0 Å². The molecule has 0 aromatic rings. The average Bonchev–Trinajstić information content (AvgIpc) is 1.63. The number of hydrogen-bond acceptors (Lipinski definition) is 2. The fourth-order valence-electron chi connectivity index (χ4n) is 0.291. The van der Waals surface area contributed by atoms with Gasteiger partial charge in [-0.25, -0.2) is 4.39 Å². The molecule has 3 nitrogen and oxygen atoms in total. The van der Waals surface area contributed by atoms with E-state index in [2.05, 4.69) is 0 Å². The molecule has 9 heavy (non-hydrogen) atoms. The van der Waals surface area contributed by atoms with Crippen LogP contribution in [0.1, 0.15) is 6.42 Å². The fourth-order valence-corrected chi connectivity index (χ4v) is 0.380. The molecule has 0 radical (unpaired) electrons. The molecule has 2 unspecified atom stereocenters. The van der Waals surface area contributed by atoms with Crippen LogP contribution in [0.2, 0.25) is 0 Å². The summed E-state index contributed by atoms with van der Waals surface area (Å²) < 4.78 is 11.8. The third-order valence-electron chi connectivity index (χ3n) is 0.734. The van der Waals surface area contributed by atoms with Crippen molar-refractivity contribution in [3.8, 4) is 0 Å². The summed E-state index contributed by atoms with van der Waals surface area (Å²) in [5.41, 5.74) is 3.15. The maximum Gasteiger partial charge on any atom is 0.305 e. The quantitative estimate of drug-likeness (QED) is 0.577. The average molecular weight is 156 g/mol. The highest BCUT2D eigenvalue weighted by atomic mass is 35.5. The topological polar surface area (TPSA) is 63.3 Å². The van der Waals surface area contributed by atoms with Crippen LogP contribution in [0, 0.1) is 0 Å². The number of carbonyl (C=O) groups is 1. The normalized spacial score (nSPS) is 16.8. The summed E-state index contributed by atoms with van der Waals surface area (Å²) in [6.07, 6.45) is -0.440. The molecule has 0 aliphatic heterocycles. The van der Waals surface area contributed by atoms with Gasteiger partial charge < -0.3 is 10.8 Å². The summed E-state index contributed by atoms with van der Waals surface area (Å²) in [6, 6.07) is -1.11. The molecule has 0 aliphatic carbocycles. The van der Waals surface area contributed by atoms with Gasteiger partial charge in [0.2, 0.25) is 0 Å². The van der Waals surface area contributed by atoms with Crippen LogP contribution in [-0.2, 0) is 4.79 Å². The molecular weight excluding hydrogens is 148 g/mol. The van der Waals surface area contributed by atoms with Crippen molar-refractivity contribution >= 4 is 17.6 Å². The van der Waals surface area contributed by atoms with Crippen LogP contribution >= 0.6 is 11.6 Å². The summed E-state index contributed by atoms with van der Waals surface area (Å²) in [6.45, 7) is 0. The van der Waals surface area contributed by atoms with Crippen LogP contribution in [-0.4, -0.2) is 22.7 Å². The Kier molecular flexibility index (Phi) is 3.49. The van der Waals surface area contributed by atoms with E-state index >= 15 is 0 Å². The van der Waals surface area contributed by atoms with Crippen LogP contribution in [0.3, 0.4) is 0 Å². The molecule has 0 saturated heterocycles. The van der Waals surface area contributed by atoms with Crippen molar-refractivity contribution in [1.82, 2.24) is 0 Å². The minimum Gasteiger partial charge on any atom is -0.481 e. The van der Waals surface area contributed by atoms with Crippen molar-refractivity contribution in [2.45, 2.75) is 18.1 Å². The maximum absolute atomic E-state index is 11.8. The first kappa shape index (κ1) is 8.65. The molecule has 0 aromatic carbocycles. The second kappa shape index (κ2) is 3.63. The molecule has 2 atom stereocenters. The second-order valence-corrected chi connectivity index (χ2v) is 2.01. The Hall–Kier alpha value is -0.350. The first-order valence-corrected chi connectivity index (χ1v) is 2.73. The van der Waals surface area contributed by atoms with Crippen LogP contribution in [0.25, 0.3) is 0 Å². The molecule has 0 aliphatic rings. The van der Waals surface area contributed by atoms with Gasteiger partial charge in [0.15, 0.2) is 5.63 Å². The summed E-state index contributed by atoms with van der Waals surface area (Å²) in [7, 11) is 0. The zero-order valence-electron chi connectivity index (χ0n) is 4.55. The Morgan fingerprint density at radius 2 is 2.33 bits per heavy atom. The zero-order chi connectivity index (χ0) is 7.44. The van der Waals surface area contributed by atoms with Gasteiger partial charge in [-0.3, -0.25) is 4.79 Å². The van der Waals surface area contributed by atoms with Gasteiger partial charge in [-0.05, 0) is 0 Å². The molecule has 0 bridgehead atoms.